The number of hydrogen-bond acceptors (Lipinski definition) is 2. The molecule has 5 heteroatoms. The summed E-state index contributed by atoms with van der Waals surface area (Å²) in [5.41, 5.74) is 1.41. The van der Waals surface area contributed by atoms with Crippen LogP contribution in [0.15, 0.2) is 24.4 Å². The molecule has 20 heavy (non-hydrogen) atoms. The minimum Gasteiger partial charge on any atom is -0.313 e. The second-order valence-corrected chi connectivity index (χ2v) is 5.15. The molecule has 2 aromatic rings. The van der Waals surface area contributed by atoms with Gasteiger partial charge in [0.25, 0.3) is 0 Å². The lowest BCUT2D eigenvalue weighted by molar-refractivity contribution is 0.553. The van der Waals surface area contributed by atoms with Crippen LogP contribution in [-0.2, 0) is 6.54 Å². The predicted octanol–water partition coefficient (Wildman–Crippen LogP) is 3.14. The predicted molar refractivity (Wildman–Crippen MR) is 72.8 cm³/mol. The quantitative estimate of drug-likeness (QED) is 0.910. The van der Waals surface area contributed by atoms with E-state index in [1.165, 1.54) is 16.8 Å². The minimum absolute atomic E-state index is 0.0999. The van der Waals surface area contributed by atoms with E-state index in [9.17, 15) is 8.78 Å². The van der Waals surface area contributed by atoms with Gasteiger partial charge >= 0.3 is 0 Å². The summed E-state index contributed by atoms with van der Waals surface area (Å²) in [5, 5.41) is 7.33. The lowest BCUT2D eigenvalue weighted by atomic mass is 10.2. The fourth-order valence-electron chi connectivity index (χ4n) is 2.27. The van der Waals surface area contributed by atoms with Gasteiger partial charge in [0.05, 0.1) is 5.69 Å². The van der Waals surface area contributed by atoms with Gasteiger partial charge in [-0.3, -0.25) is 0 Å². The Labute approximate surface area is 116 Å². The molecule has 0 unspecified atom stereocenters. The summed E-state index contributed by atoms with van der Waals surface area (Å²) in [5.74, 6) is -0.693. The summed E-state index contributed by atoms with van der Waals surface area (Å²) in [6, 6.07) is 4.56. The maximum atomic E-state index is 14.1. The van der Waals surface area contributed by atoms with E-state index in [0.717, 1.165) is 25.1 Å². The SMILES string of the molecule is CCNCc1cc(F)c(-n2ccc(C3CC3)n2)c(F)c1. The van der Waals surface area contributed by atoms with Gasteiger partial charge in [-0.2, -0.15) is 5.10 Å². The van der Waals surface area contributed by atoms with Gasteiger partial charge < -0.3 is 5.32 Å². The first-order valence-electron chi connectivity index (χ1n) is 6.93. The lowest BCUT2D eigenvalue weighted by Crippen LogP contribution is -2.13. The Bertz CT molecular complexity index is 594. The third-order valence-electron chi connectivity index (χ3n) is 3.49. The van der Waals surface area contributed by atoms with E-state index in [1.54, 1.807) is 6.20 Å². The zero-order valence-electron chi connectivity index (χ0n) is 11.4. The Kier molecular flexibility index (Phi) is 3.53. The summed E-state index contributed by atoms with van der Waals surface area (Å²) in [4.78, 5) is 0. The van der Waals surface area contributed by atoms with Crippen LogP contribution in [0.3, 0.4) is 0 Å². The van der Waals surface area contributed by atoms with Crippen LogP contribution >= 0.6 is 0 Å². The molecule has 1 heterocycles. The molecule has 1 fully saturated rings. The minimum atomic E-state index is -0.580. The van der Waals surface area contributed by atoms with E-state index in [-0.39, 0.29) is 5.69 Å². The summed E-state index contributed by atoms with van der Waals surface area (Å²) in [7, 11) is 0. The van der Waals surface area contributed by atoms with Crippen LogP contribution in [0.25, 0.3) is 5.69 Å². The molecule has 1 aliphatic carbocycles. The second-order valence-electron chi connectivity index (χ2n) is 5.15. The molecule has 3 nitrogen and oxygen atoms in total. The molecule has 106 valence electrons. The fourth-order valence-corrected chi connectivity index (χ4v) is 2.27. The van der Waals surface area contributed by atoms with Crippen LogP contribution in [0.4, 0.5) is 8.78 Å². The number of benzene rings is 1. The summed E-state index contributed by atoms with van der Waals surface area (Å²) in [6.45, 7) is 3.16. The van der Waals surface area contributed by atoms with Gasteiger partial charge in [-0.1, -0.05) is 6.92 Å². The van der Waals surface area contributed by atoms with Gasteiger partial charge in [0.2, 0.25) is 0 Å². The molecular formula is C15H17F2N3. The highest BCUT2D eigenvalue weighted by molar-refractivity contribution is 5.38. The van der Waals surface area contributed by atoms with Crippen LogP contribution in [0.1, 0.15) is 36.9 Å². The van der Waals surface area contributed by atoms with Crippen LogP contribution in [-0.4, -0.2) is 16.3 Å². The fraction of sp³-hybridized carbons (Fsp3) is 0.400. The number of aromatic nitrogens is 2. The van der Waals surface area contributed by atoms with Crippen molar-refractivity contribution in [1.82, 2.24) is 15.1 Å². The van der Waals surface area contributed by atoms with Gasteiger partial charge in [-0.25, -0.2) is 13.5 Å². The topological polar surface area (TPSA) is 29.9 Å². The Morgan fingerprint density at radius 2 is 2.00 bits per heavy atom. The summed E-state index contributed by atoms with van der Waals surface area (Å²) in [6.07, 6.45) is 3.85. The summed E-state index contributed by atoms with van der Waals surface area (Å²) < 4.78 is 29.5. The van der Waals surface area contributed by atoms with Crippen molar-refractivity contribution in [2.24, 2.45) is 0 Å². The Balaban J connectivity index is 1.91. The first-order chi connectivity index (χ1) is 9.69. The van der Waals surface area contributed by atoms with Gasteiger partial charge in [-0.05, 0) is 43.1 Å². The van der Waals surface area contributed by atoms with Crippen molar-refractivity contribution in [3.63, 3.8) is 0 Å². The highest BCUT2D eigenvalue weighted by atomic mass is 19.1. The van der Waals surface area contributed by atoms with Crippen LogP contribution in [0, 0.1) is 11.6 Å². The van der Waals surface area contributed by atoms with Crippen LogP contribution in [0.5, 0.6) is 0 Å². The molecule has 0 aliphatic heterocycles. The third kappa shape index (κ3) is 2.58. The van der Waals surface area contributed by atoms with Gasteiger partial charge in [0, 0.05) is 18.7 Å². The van der Waals surface area contributed by atoms with Crippen molar-refractivity contribution in [2.45, 2.75) is 32.2 Å². The van der Waals surface area contributed by atoms with Crippen molar-refractivity contribution in [3.05, 3.63) is 47.3 Å². The molecule has 0 radical (unpaired) electrons. The first-order valence-corrected chi connectivity index (χ1v) is 6.93. The van der Waals surface area contributed by atoms with Crippen molar-refractivity contribution in [3.8, 4) is 5.69 Å². The molecular weight excluding hydrogens is 260 g/mol. The molecule has 0 bridgehead atoms. The smallest absolute Gasteiger partial charge is 0.152 e. The highest BCUT2D eigenvalue weighted by Crippen LogP contribution is 2.39. The standard InChI is InChI=1S/C15H17F2N3/c1-2-18-9-10-7-12(16)15(13(17)8-10)20-6-5-14(19-20)11-3-4-11/h5-8,11,18H,2-4,9H2,1H3. The Morgan fingerprint density at radius 3 is 2.60 bits per heavy atom. The maximum Gasteiger partial charge on any atom is 0.152 e. The van der Waals surface area contributed by atoms with E-state index < -0.39 is 11.6 Å². The largest absolute Gasteiger partial charge is 0.313 e. The first kappa shape index (κ1) is 13.2. The van der Waals surface area contributed by atoms with E-state index >= 15 is 0 Å². The van der Waals surface area contributed by atoms with Crippen molar-refractivity contribution in [2.75, 3.05) is 6.54 Å². The average molecular weight is 277 g/mol. The van der Waals surface area contributed by atoms with E-state index in [2.05, 4.69) is 10.4 Å². The molecule has 0 saturated heterocycles. The average Bonchev–Trinajstić information content (AvgIpc) is 3.16. The Hall–Kier alpha value is -1.75. The molecule has 1 saturated carbocycles. The number of hydrogen-bond donors (Lipinski definition) is 1. The molecule has 1 aromatic carbocycles. The number of nitrogens with one attached hydrogen (secondary N) is 1. The molecule has 1 aromatic heterocycles. The molecule has 1 N–H and O–H groups in total. The lowest BCUT2D eigenvalue weighted by Gasteiger charge is -2.08. The monoisotopic (exact) mass is 277 g/mol. The van der Waals surface area contributed by atoms with Gasteiger partial charge in [0.15, 0.2) is 11.6 Å². The third-order valence-corrected chi connectivity index (χ3v) is 3.49. The zero-order chi connectivity index (χ0) is 14.1. The van der Waals surface area contributed by atoms with Crippen LogP contribution in [0.2, 0.25) is 0 Å². The van der Waals surface area contributed by atoms with Crippen molar-refractivity contribution >= 4 is 0 Å². The maximum absolute atomic E-state index is 14.1. The highest BCUT2D eigenvalue weighted by Gasteiger charge is 2.26. The number of nitrogens with zero attached hydrogens (tertiary/aromatic N) is 2. The second kappa shape index (κ2) is 5.32. The van der Waals surface area contributed by atoms with Crippen LogP contribution < -0.4 is 5.32 Å². The van der Waals surface area contributed by atoms with Gasteiger partial charge in [0.1, 0.15) is 5.69 Å². The normalized spacial score (nSPS) is 14.8. The number of halogens is 2. The molecule has 0 atom stereocenters. The van der Waals surface area contributed by atoms with E-state index in [0.29, 0.717) is 18.0 Å². The molecule has 0 spiro atoms. The molecule has 1 aliphatic rings. The van der Waals surface area contributed by atoms with E-state index in [1.807, 2.05) is 13.0 Å². The van der Waals surface area contributed by atoms with Gasteiger partial charge in [-0.15, -0.1) is 0 Å². The van der Waals surface area contributed by atoms with E-state index in [4.69, 9.17) is 0 Å². The number of rotatable bonds is 5. The molecule has 3 rings (SSSR count). The zero-order valence-corrected chi connectivity index (χ0v) is 11.4. The Morgan fingerprint density at radius 1 is 1.30 bits per heavy atom. The summed E-state index contributed by atoms with van der Waals surface area (Å²) >= 11 is 0. The molecule has 0 amide bonds. The van der Waals surface area contributed by atoms with Crippen molar-refractivity contribution in [1.29, 1.82) is 0 Å². The van der Waals surface area contributed by atoms with Crippen molar-refractivity contribution < 1.29 is 8.78 Å².